The Hall–Kier alpha value is -1.89. The normalized spacial score (nSPS) is 20.9. The molecule has 1 N–H and O–H groups in total. The number of nitrogens with one attached hydrogen (secondary N) is 1. The Morgan fingerprint density at radius 2 is 2.27 bits per heavy atom. The van der Waals surface area contributed by atoms with Gasteiger partial charge < -0.3 is 4.90 Å². The van der Waals surface area contributed by atoms with Crippen LogP contribution in [0.4, 0.5) is 9.93 Å². The van der Waals surface area contributed by atoms with E-state index in [-0.39, 0.29) is 12.1 Å². The molecule has 116 valence electrons. The molecule has 2 aliphatic rings. The van der Waals surface area contributed by atoms with Crippen LogP contribution in [0.15, 0.2) is 18.5 Å². The zero-order valence-electron chi connectivity index (χ0n) is 12.4. The SMILES string of the molecule is O=C(Nc1nc2c(s1)CCCC2)N1CCC(n2cccn2)C1. The lowest BCUT2D eigenvalue weighted by Crippen LogP contribution is -2.33. The summed E-state index contributed by atoms with van der Waals surface area (Å²) in [5.74, 6) is 0. The molecule has 2 aromatic heterocycles. The van der Waals surface area contributed by atoms with Crippen LogP contribution in [0, 0.1) is 0 Å². The van der Waals surface area contributed by atoms with Gasteiger partial charge in [0, 0.05) is 30.4 Å². The molecule has 0 spiro atoms. The Bertz CT molecular complexity index is 642. The van der Waals surface area contributed by atoms with Crippen molar-refractivity contribution in [2.75, 3.05) is 18.4 Å². The standard InChI is InChI=1S/C15H19N5OS/c21-15(18-14-17-12-4-1-2-5-13(12)22-14)19-9-6-11(10-19)20-8-3-7-16-20/h3,7-8,11H,1-2,4-6,9-10H2,(H,17,18,21). The number of urea groups is 1. The highest BCUT2D eigenvalue weighted by atomic mass is 32.1. The van der Waals surface area contributed by atoms with Crippen molar-refractivity contribution < 1.29 is 4.79 Å². The summed E-state index contributed by atoms with van der Waals surface area (Å²) in [5, 5.41) is 7.99. The van der Waals surface area contributed by atoms with Crippen LogP contribution in [0.1, 0.15) is 35.9 Å². The quantitative estimate of drug-likeness (QED) is 0.926. The first-order valence-corrected chi connectivity index (χ1v) is 8.65. The Morgan fingerprint density at radius 3 is 3.09 bits per heavy atom. The van der Waals surface area contributed by atoms with Gasteiger partial charge in [0.25, 0.3) is 0 Å². The van der Waals surface area contributed by atoms with Crippen LogP contribution < -0.4 is 5.32 Å². The topological polar surface area (TPSA) is 63.1 Å². The van der Waals surface area contributed by atoms with Crippen LogP contribution >= 0.6 is 11.3 Å². The third kappa shape index (κ3) is 2.61. The zero-order valence-corrected chi connectivity index (χ0v) is 13.2. The Labute approximate surface area is 133 Å². The summed E-state index contributed by atoms with van der Waals surface area (Å²) in [6, 6.07) is 2.16. The minimum absolute atomic E-state index is 0.0410. The second-order valence-electron chi connectivity index (χ2n) is 5.90. The van der Waals surface area contributed by atoms with E-state index in [1.165, 1.54) is 23.4 Å². The van der Waals surface area contributed by atoms with E-state index in [0.717, 1.165) is 30.9 Å². The lowest BCUT2D eigenvalue weighted by Gasteiger charge is -2.16. The highest BCUT2D eigenvalue weighted by molar-refractivity contribution is 7.15. The van der Waals surface area contributed by atoms with Gasteiger partial charge in [0.15, 0.2) is 5.13 Å². The van der Waals surface area contributed by atoms with Crippen LogP contribution in [0.5, 0.6) is 0 Å². The Balaban J connectivity index is 1.39. The number of rotatable bonds is 2. The average Bonchev–Trinajstić information content (AvgIpc) is 3.26. The maximum Gasteiger partial charge on any atom is 0.323 e. The molecular formula is C15H19N5OS. The van der Waals surface area contributed by atoms with E-state index >= 15 is 0 Å². The first-order chi connectivity index (χ1) is 10.8. The number of aromatic nitrogens is 3. The maximum absolute atomic E-state index is 12.4. The minimum atomic E-state index is -0.0410. The summed E-state index contributed by atoms with van der Waals surface area (Å²) in [7, 11) is 0. The summed E-state index contributed by atoms with van der Waals surface area (Å²) >= 11 is 1.63. The molecular weight excluding hydrogens is 298 g/mol. The van der Waals surface area contributed by atoms with Crippen LogP contribution in [-0.2, 0) is 12.8 Å². The van der Waals surface area contributed by atoms with Crippen molar-refractivity contribution in [3.63, 3.8) is 0 Å². The first-order valence-electron chi connectivity index (χ1n) is 7.83. The molecule has 1 aliphatic carbocycles. The molecule has 2 aromatic rings. The number of nitrogens with zero attached hydrogens (tertiary/aromatic N) is 4. The van der Waals surface area contributed by atoms with Crippen LogP contribution in [-0.4, -0.2) is 38.8 Å². The van der Waals surface area contributed by atoms with Gasteiger partial charge >= 0.3 is 6.03 Å². The number of thiazole rings is 1. The number of carbonyl (C=O) groups excluding carboxylic acids is 1. The van der Waals surface area contributed by atoms with Gasteiger partial charge in [0.1, 0.15) is 0 Å². The van der Waals surface area contributed by atoms with Crippen molar-refractivity contribution in [2.45, 2.75) is 38.1 Å². The average molecular weight is 317 g/mol. The smallest absolute Gasteiger partial charge is 0.322 e. The van der Waals surface area contributed by atoms with Gasteiger partial charge in [0.05, 0.1) is 11.7 Å². The Kier molecular flexibility index (Phi) is 3.57. The van der Waals surface area contributed by atoms with E-state index in [4.69, 9.17) is 0 Å². The van der Waals surface area contributed by atoms with Gasteiger partial charge in [-0.15, -0.1) is 11.3 Å². The number of carbonyl (C=O) groups is 1. The molecule has 2 amide bonds. The third-order valence-corrected chi connectivity index (χ3v) is 5.48. The summed E-state index contributed by atoms with van der Waals surface area (Å²) < 4.78 is 1.94. The fourth-order valence-corrected chi connectivity index (χ4v) is 4.25. The van der Waals surface area contributed by atoms with E-state index in [1.807, 2.05) is 21.8 Å². The molecule has 1 unspecified atom stereocenters. The fourth-order valence-electron chi connectivity index (χ4n) is 3.21. The van der Waals surface area contributed by atoms with Gasteiger partial charge in [0.2, 0.25) is 0 Å². The van der Waals surface area contributed by atoms with Gasteiger partial charge in [-0.25, -0.2) is 9.78 Å². The Morgan fingerprint density at radius 1 is 1.36 bits per heavy atom. The second kappa shape index (κ2) is 5.72. The minimum Gasteiger partial charge on any atom is -0.322 e. The van der Waals surface area contributed by atoms with Crippen LogP contribution in [0.2, 0.25) is 0 Å². The van der Waals surface area contributed by atoms with Crippen LogP contribution in [0.3, 0.4) is 0 Å². The summed E-state index contributed by atoms with van der Waals surface area (Å²) in [5.41, 5.74) is 1.18. The van der Waals surface area contributed by atoms with Crippen molar-refractivity contribution in [1.82, 2.24) is 19.7 Å². The monoisotopic (exact) mass is 317 g/mol. The largest absolute Gasteiger partial charge is 0.323 e. The van der Waals surface area contributed by atoms with Crippen LogP contribution in [0.25, 0.3) is 0 Å². The van der Waals surface area contributed by atoms with Gasteiger partial charge in [-0.2, -0.15) is 5.10 Å². The molecule has 6 nitrogen and oxygen atoms in total. The summed E-state index contributed by atoms with van der Waals surface area (Å²) in [6.07, 6.45) is 9.29. The molecule has 1 aliphatic heterocycles. The lowest BCUT2D eigenvalue weighted by molar-refractivity contribution is 0.220. The molecule has 7 heteroatoms. The van der Waals surface area contributed by atoms with Gasteiger partial charge in [-0.05, 0) is 38.2 Å². The zero-order chi connectivity index (χ0) is 14.9. The number of aryl methyl sites for hydroxylation is 2. The molecule has 0 radical (unpaired) electrons. The highest BCUT2D eigenvalue weighted by Crippen LogP contribution is 2.30. The molecule has 0 saturated carbocycles. The number of fused-ring (bicyclic) bond motifs is 1. The second-order valence-corrected chi connectivity index (χ2v) is 6.98. The molecule has 1 atom stereocenters. The van der Waals surface area contributed by atoms with E-state index in [0.29, 0.717) is 6.54 Å². The highest BCUT2D eigenvalue weighted by Gasteiger charge is 2.28. The van der Waals surface area contributed by atoms with Crippen molar-refractivity contribution in [3.05, 3.63) is 29.0 Å². The van der Waals surface area contributed by atoms with E-state index in [1.54, 1.807) is 17.5 Å². The number of hydrogen-bond acceptors (Lipinski definition) is 4. The molecule has 0 aromatic carbocycles. The fraction of sp³-hybridized carbons (Fsp3) is 0.533. The van der Waals surface area contributed by atoms with Crippen molar-refractivity contribution in [2.24, 2.45) is 0 Å². The molecule has 3 heterocycles. The molecule has 22 heavy (non-hydrogen) atoms. The summed E-state index contributed by atoms with van der Waals surface area (Å²) in [6.45, 7) is 1.47. The van der Waals surface area contributed by atoms with E-state index < -0.39 is 0 Å². The number of amides is 2. The molecule has 1 fully saturated rings. The van der Waals surface area contributed by atoms with E-state index in [2.05, 4.69) is 15.4 Å². The van der Waals surface area contributed by atoms with Gasteiger partial charge in [-0.1, -0.05) is 0 Å². The number of likely N-dealkylation sites (tertiary alicyclic amines) is 1. The molecule has 4 rings (SSSR count). The van der Waals surface area contributed by atoms with Gasteiger partial charge in [-0.3, -0.25) is 10.00 Å². The van der Waals surface area contributed by atoms with E-state index in [9.17, 15) is 4.79 Å². The third-order valence-electron chi connectivity index (χ3n) is 4.41. The predicted octanol–water partition coefficient (Wildman–Crippen LogP) is 2.70. The lowest BCUT2D eigenvalue weighted by atomic mass is 10.0. The maximum atomic E-state index is 12.4. The number of anilines is 1. The van der Waals surface area contributed by atoms with Crippen molar-refractivity contribution >= 4 is 22.5 Å². The molecule has 0 bridgehead atoms. The first kappa shape index (κ1) is 13.8. The number of hydrogen-bond donors (Lipinski definition) is 1. The van der Waals surface area contributed by atoms with Crippen molar-refractivity contribution in [1.29, 1.82) is 0 Å². The molecule has 1 saturated heterocycles. The predicted molar refractivity (Wildman–Crippen MR) is 85.2 cm³/mol. The summed E-state index contributed by atoms with van der Waals surface area (Å²) in [4.78, 5) is 20.2. The van der Waals surface area contributed by atoms with Crippen molar-refractivity contribution in [3.8, 4) is 0 Å².